The first-order chi connectivity index (χ1) is 20.0. The second-order valence-electron chi connectivity index (χ2n) is 12.9. The molecular weight excluding hydrogens is 540 g/mol. The number of ketones is 1. The Morgan fingerprint density at radius 2 is 1.14 bits per heavy atom. The lowest BCUT2D eigenvalue weighted by atomic mass is 9.83. The third kappa shape index (κ3) is 13.1. The highest BCUT2D eigenvalue weighted by Crippen LogP contribution is 2.28. The average Bonchev–Trinajstić information content (AvgIpc) is 2.95. The molecule has 2 aliphatic rings. The highest BCUT2D eigenvalue weighted by Gasteiger charge is 2.34. The van der Waals surface area contributed by atoms with Crippen LogP contribution in [0, 0.1) is 23.7 Å². The topological polar surface area (TPSA) is 152 Å². The maximum Gasteiger partial charge on any atom is 0.407 e. The van der Waals surface area contributed by atoms with Crippen LogP contribution in [0.1, 0.15) is 111 Å². The number of rotatable bonds is 16. The smallest absolute Gasteiger partial charge is 0.407 e. The van der Waals surface area contributed by atoms with Crippen LogP contribution >= 0.6 is 0 Å². The normalized spacial score (nSPS) is 18.5. The van der Waals surface area contributed by atoms with Gasteiger partial charge in [0.05, 0.1) is 19.8 Å². The molecule has 0 radical (unpaired) electrons. The molecule has 0 aromatic carbocycles. The molecule has 0 bridgehead atoms. The van der Waals surface area contributed by atoms with E-state index in [-0.39, 0.29) is 17.8 Å². The van der Waals surface area contributed by atoms with Crippen LogP contribution in [0.15, 0.2) is 0 Å². The fraction of sp³-hybridized carbons (Fsp3) is 0.839. The standard InChI is InChI=1S/C31H54N4O7/c1-20(2)16-25(28(37)32-24(27(36)30(39)35-41-5)18-22-12-8-6-9-13-22)33-29(38)26(17-21(3)4)34-31(40)42-19-23-14-10-7-11-15-23/h20-26H,6-19H2,1-5H3,(H,32,37)(H,33,38)(H,34,40)(H,35,39)/t24-,25-,26-/m0/s1. The molecule has 0 saturated heterocycles. The van der Waals surface area contributed by atoms with E-state index in [0.717, 1.165) is 57.8 Å². The van der Waals surface area contributed by atoms with E-state index in [1.807, 2.05) is 27.7 Å². The molecule has 0 aliphatic heterocycles. The number of hydrogen-bond donors (Lipinski definition) is 4. The van der Waals surface area contributed by atoms with Gasteiger partial charge < -0.3 is 20.7 Å². The van der Waals surface area contributed by atoms with E-state index < -0.39 is 47.7 Å². The predicted octanol–water partition coefficient (Wildman–Crippen LogP) is 3.94. The average molecular weight is 595 g/mol. The van der Waals surface area contributed by atoms with E-state index in [9.17, 15) is 24.0 Å². The predicted molar refractivity (Wildman–Crippen MR) is 159 cm³/mol. The van der Waals surface area contributed by atoms with Crippen molar-refractivity contribution >= 4 is 29.6 Å². The molecule has 2 saturated carbocycles. The number of hydrogen-bond acceptors (Lipinski definition) is 7. The second kappa shape index (κ2) is 18.8. The van der Waals surface area contributed by atoms with E-state index in [2.05, 4.69) is 26.3 Å². The highest BCUT2D eigenvalue weighted by molar-refractivity contribution is 6.38. The maximum atomic E-state index is 13.5. The molecule has 240 valence electrons. The molecule has 0 unspecified atom stereocenters. The summed E-state index contributed by atoms with van der Waals surface area (Å²) in [5.74, 6) is -2.07. The van der Waals surface area contributed by atoms with Crippen LogP contribution in [0.25, 0.3) is 0 Å². The number of amides is 4. The fourth-order valence-corrected chi connectivity index (χ4v) is 5.97. The second-order valence-corrected chi connectivity index (χ2v) is 12.9. The zero-order chi connectivity index (χ0) is 31.1. The Labute approximate surface area is 251 Å². The van der Waals surface area contributed by atoms with E-state index in [1.165, 1.54) is 13.5 Å². The quantitative estimate of drug-likeness (QED) is 0.156. The van der Waals surface area contributed by atoms with Gasteiger partial charge in [0.1, 0.15) is 12.1 Å². The molecular formula is C31H54N4O7. The number of nitrogens with one attached hydrogen (secondary N) is 4. The van der Waals surface area contributed by atoms with Crippen LogP contribution in [0.4, 0.5) is 4.79 Å². The Kier molecular flexibility index (Phi) is 15.9. The highest BCUT2D eigenvalue weighted by atomic mass is 16.6. The summed E-state index contributed by atoms with van der Waals surface area (Å²) in [6.45, 7) is 8.07. The lowest BCUT2D eigenvalue weighted by molar-refractivity contribution is -0.146. The first-order valence-corrected chi connectivity index (χ1v) is 15.9. The van der Waals surface area contributed by atoms with Crippen LogP contribution < -0.4 is 21.4 Å². The van der Waals surface area contributed by atoms with Crippen LogP contribution in [0.3, 0.4) is 0 Å². The molecule has 0 heterocycles. The van der Waals surface area contributed by atoms with Gasteiger partial charge in [0.2, 0.25) is 17.6 Å². The number of Topliss-reactive ketones (excluding diaryl/α,β-unsaturated/α-hetero) is 1. The van der Waals surface area contributed by atoms with Crippen LogP contribution in [0.2, 0.25) is 0 Å². The van der Waals surface area contributed by atoms with Crippen molar-refractivity contribution in [1.29, 1.82) is 0 Å². The van der Waals surface area contributed by atoms with Crippen LogP contribution in [0.5, 0.6) is 0 Å². The molecule has 2 rings (SSSR count). The third-order valence-corrected chi connectivity index (χ3v) is 8.18. The summed E-state index contributed by atoms with van der Waals surface area (Å²) in [6.07, 6.45) is 11.0. The third-order valence-electron chi connectivity index (χ3n) is 8.18. The van der Waals surface area contributed by atoms with Crippen molar-refractivity contribution in [3.05, 3.63) is 0 Å². The van der Waals surface area contributed by atoms with E-state index in [0.29, 0.717) is 31.8 Å². The largest absolute Gasteiger partial charge is 0.449 e. The van der Waals surface area contributed by atoms with Gasteiger partial charge in [-0.05, 0) is 55.8 Å². The lowest BCUT2D eigenvalue weighted by Gasteiger charge is -2.29. The van der Waals surface area contributed by atoms with Crippen molar-refractivity contribution in [2.45, 2.75) is 129 Å². The minimum absolute atomic E-state index is 0.0438. The van der Waals surface area contributed by atoms with Crippen molar-refractivity contribution in [1.82, 2.24) is 21.4 Å². The number of carbonyl (C=O) groups excluding carboxylic acids is 5. The monoisotopic (exact) mass is 594 g/mol. The van der Waals surface area contributed by atoms with Crippen LogP contribution in [-0.4, -0.2) is 61.4 Å². The van der Waals surface area contributed by atoms with Crippen molar-refractivity contribution in [2.24, 2.45) is 23.7 Å². The van der Waals surface area contributed by atoms with Gasteiger partial charge in [0, 0.05) is 0 Å². The van der Waals surface area contributed by atoms with E-state index >= 15 is 0 Å². The maximum absolute atomic E-state index is 13.5. The summed E-state index contributed by atoms with van der Waals surface area (Å²) in [6, 6.07) is -2.89. The molecule has 11 nitrogen and oxygen atoms in total. The number of ether oxygens (including phenoxy) is 1. The van der Waals surface area contributed by atoms with Crippen molar-refractivity contribution in [3.8, 4) is 0 Å². The van der Waals surface area contributed by atoms with Gasteiger partial charge in [-0.2, -0.15) is 0 Å². The number of alkyl carbamates (subject to hydrolysis) is 1. The summed E-state index contributed by atoms with van der Waals surface area (Å²) in [5, 5.41) is 8.27. The Morgan fingerprint density at radius 1 is 0.667 bits per heavy atom. The summed E-state index contributed by atoms with van der Waals surface area (Å²) < 4.78 is 5.46. The summed E-state index contributed by atoms with van der Waals surface area (Å²) >= 11 is 0. The van der Waals surface area contributed by atoms with Gasteiger partial charge in [-0.1, -0.05) is 79.1 Å². The Morgan fingerprint density at radius 3 is 1.64 bits per heavy atom. The van der Waals surface area contributed by atoms with Gasteiger partial charge in [0.25, 0.3) is 0 Å². The Bertz CT molecular complexity index is 883. The van der Waals surface area contributed by atoms with E-state index in [1.54, 1.807) is 0 Å². The molecule has 0 aromatic heterocycles. The Balaban J connectivity index is 2.10. The summed E-state index contributed by atoms with van der Waals surface area (Å²) in [7, 11) is 1.24. The molecule has 0 spiro atoms. The van der Waals surface area contributed by atoms with E-state index in [4.69, 9.17) is 4.74 Å². The lowest BCUT2D eigenvalue weighted by Crippen LogP contribution is -2.57. The molecule has 11 heteroatoms. The molecule has 3 atom stereocenters. The summed E-state index contributed by atoms with van der Waals surface area (Å²) in [4.78, 5) is 69.5. The zero-order valence-corrected chi connectivity index (χ0v) is 26.3. The molecule has 42 heavy (non-hydrogen) atoms. The first kappa shape index (κ1) is 35.5. The zero-order valence-electron chi connectivity index (χ0n) is 26.3. The van der Waals surface area contributed by atoms with Crippen molar-refractivity contribution in [3.63, 3.8) is 0 Å². The van der Waals surface area contributed by atoms with Crippen LogP contribution in [-0.2, 0) is 28.8 Å². The van der Waals surface area contributed by atoms with Crippen molar-refractivity contribution in [2.75, 3.05) is 13.7 Å². The minimum Gasteiger partial charge on any atom is -0.449 e. The summed E-state index contributed by atoms with van der Waals surface area (Å²) in [5.41, 5.74) is 2.05. The van der Waals surface area contributed by atoms with Gasteiger partial charge in [-0.25, -0.2) is 10.3 Å². The molecule has 2 aliphatic carbocycles. The Hall–Kier alpha value is -2.69. The molecule has 4 amide bonds. The molecule has 4 N–H and O–H groups in total. The number of hydroxylamine groups is 1. The SMILES string of the molecule is CONC(=O)C(=O)[C@H](CC1CCCCC1)NC(=O)[C@H](CC(C)C)NC(=O)[C@H](CC(C)C)NC(=O)OCC1CCCCC1. The fourth-order valence-electron chi connectivity index (χ4n) is 5.97. The number of carbonyl (C=O) groups is 5. The van der Waals surface area contributed by atoms with Gasteiger partial charge in [-0.3, -0.25) is 24.0 Å². The first-order valence-electron chi connectivity index (χ1n) is 15.9. The molecule has 0 aromatic rings. The van der Waals surface area contributed by atoms with Gasteiger partial charge in [0.15, 0.2) is 0 Å². The van der Waals surface area contributed by atoms with Gasteiger partial charge in [-0.15, -0.1) is 0 Å². The minimum atomic E-state index is -1.04. The molecule has 2 fully saturated rings. The van der Waals surface area contributed by atoms with Gasteiger partial charge >= 0.3 is 12.0 Å². The van der Waals surface area contributed by atoms with Crippen molar-refractivity contribution < 1.29 is 33.5 Å².